The molecule has 2 atom stereocenters. The highest BCUT2D eigenvalue weighted by atomic mass is 16.5. The maximum absolute atomic E-state index is 13.7. The maximum Gasteiger partial charge on any atom is 0.271 e. The van der Waals surface area contributed by atoms with Crippen molar-refractivity contribution in [3.05, 3.63) is 24.1 Å². The molecule has 2 aromatic heterocycles. The van der Waals surface area contributed by atoms with Crippen LogP contribution < -0.4 is 5.32 Å². The first-order valence-corrected chi connectivity index (χ1v) is 11.4. The number of rotatable bonds is 4. The lowest BCUT2D eigenvalue weighted by Crippen LogP contribution is -2.66. The van der Waals surface area contributed by atoms with Gasteiger partial charge < -0.3 is 23.9 Å². The average molecular weight is 414 g/mol. The zero-order chi connectivity index (χ0) is 20.7. The number of amides is 2. The Morgan fingerprint density at radius 3 is 2.73 bits per heavy atom. The van der Waals surface area contributed by atoms with Crippen LogP contribution in [0.1, 0.15) is 68.8 Å². The van der Waals surface area contributed by atoms with Crippen LogP contribution in [-0.4, -0.2) is 52.1 Å². The summed E-state index contributed by atoms with van der Waals surface area (Å²) in [5, 5.41) is 3.30. The van der Waals surface area contributed by atoms with Crippen LogP contribution in [0.25, 0.3) is 11.1 Å². The number of nitrogens with zero attached hydrogens (tertiary/aromatic N) is 2. The molecule has 2 amide bonds. The molecule has 1 saturated heterocycles. The maximum atomic E-state index is 13.7. The van der Waals surface area contributed by atoms with Gasteiger partial charge in [0.05, 0.1) is 24.4 Å². The van der Waals surface area contributed by atoms with Gasteiger partial charge >= 0.3 is 0 Å². The van der Waals surface area contributed by atoms with Crippen LogP contribution in [0.3, 0.4) is 0 Å². The number of aromatic nitrogens is 1. The summed E-state index contributed by atoms with van der Waals surface area (Å²) in [7, 11) is 0. The lowest BCUT2D eigenvalue weighted by atomic mass is 9.93. The third kappa shape index (κ3) is 3.33. The van der Waals surface area contributed by atoms with Crippen molar-refractivity contribution in [2.45, 2.75) is 82.5 Å². The third-order valence-electron chi connectivity index (χ3n) is 7.14. The molecule has 162 valence electrons. The van der Waals surface area contributed by atoms with E-state index in [1.54, 1.807) is 17.2 Å². The zero-order valence-electron chi connectivity index (χ0n) is 17.7. The Balaban J connectivity index is 1.47. The van der Waals surface area contributed by atoms with Gasteiger partial charge in [-0.25, -0.2) is 0 Å². The molecule has 1 saturated carbocycles. The van der Waals surface area contributed by atoms with Crippen LogP contribution in [0.15, 0.2) is 22.8 Å². The molecule has 2 fully saturated rings. The third-order valence-corrected chi connectivity index (χ3v) is 7.14. The number of carbonyl (C=O) groups excluding carboxylic acids is 2. The molecule has 0 spiro atoms. The molecule has 0 unspecified atom stereocenters. The van der Waals surface area contributed by atoms with Gasteiger partial charge in [0, 0.05) is 31.3 Å². The summed E-state index contributed by atoms with van der Waals surface area (Å²) in [5.74, 6) is -0.182. The van der Waals surface area contributed by atoms with Crippen LogP contribution in [-0.2, 0) is 16.1 Å². The standard InChI is InChI=1S/C23H31N3O4/c1-23(22(28)24-16-7-4-2-3-5-8-16)15-25-18-10-12-30-20(18)13-19(25)21(27)26(23)14-17-9-6-11-29-17/h10,12-13,16-17H,2-9,11,14-15H2,1H3,(H,24,28)/t17-,23-/m1/s1. The number of furan rings is 1. The molecule has 2 aromatic rings. The number of hydrogen-bond acceptors (Lipinski definition) is 4. The lowest BCUT2D eigenvalue weighted by Gasteiger charge is -2.45. The number of hydrogen-bond donors (Lipinski definition) is 1. The van der Waals surface area contributed by atoms with E-state index in [9.17, 15) is 9.59 Å². The summed E-state index contributed by atoms with van der Waals surface area (Å²) in [5.41, 5.74) is 1.17. The molecular formula is C23H31N3O4. The summed E-state index contributed by atoms with van der Waals surface area (Å²) in [4.78, 5) is 29.0. The Kier molecular flexibility index (Phi) is 5.09. The highest BCUT2D eigenvalue weighted by Crippen LogP contribution is 2.34. The number of carbonyl (C=O) groups is 2. The van der Waals surface area contributed by atoms with Crippen molar-refractivity contribution in [1.82, 2.24) is 14.8 Å². The van der Waals surface area contributed by atoms with Gasteiger partial charge in [0.2, 0.25) is 5.91 Å². The summed E-state index contributed by atoms with van der Waals surface area (Å²) < 4.78 is 13.3. The lowest BCUT2D eigenvalue weighted by molar-refractivity contribution is -0.134. The molecule has 0 bridgehead atoms. The number of nitrogens with one attached hydrogen (secondary N) is 1. The number of fused-ring (bicyclic) bond motifs is 3. The van der Waals surface area contributed by atoms with Crippen molar-refractivity contribution >= 4 is 22.9 Å². The highest BCUT2D eigenvalue weighted by Gasteiger charge is 2.49. The van der Waals surface area contributed by atoms with Crippen LogP contribution in [0, 0.1) is 0 Å². The molecule has 1 N–H and O–H groups in total. The molecule has 0 aromatic carbocycles. The molecule has 3 aliphatic rings. The minimum Gasteiger partial charge on any atom is -0.463 e. The fourth-order valence-corrected chi connectivity index (χ4v) is 5.32. The van der Waals surface area contributed by atoms with Crippen molar-refractivity contribution in [2.75, 3.05) is 13.2 Å². The van der Waals surface area contributed by atoms with Crippen LogP contribution in [0.5, 0.6) is 0 Å². The van der Waals surface area contributed by atoms with Crippen molar-refractivity contribution < 1.29 is 18.7 Å². The van der Waals surface area contributed by atoms with Gasteiger partial charge in [-0.05, 0) is 32.6 Å². The van der Waals surface area contributed by atoms with E-state index >= 15 is 0 Å². The van der Waals surface area contributed by atoms with Gasteiger partial charge in [-0.1, -0.05) is 25.7 Å². The minimum absolute atomic E-state index is 0.0107. The average Bonchev–Trinajstić information content (AvgIpc) is 3.42. The van der Waals surface area contributed by atoms with E-state index < -0.39 is 5.54 Å². The van der Waals surface area contributed by atoms with Crippen molar-refractivity contribution in [3.8, 4) is 0 Å². The Bertz CT molecular complexity index is 934. The van der Waals surface area contributed by atoms with Gasteiger partial charge in [-0.15, -0.1) is 0 Å². The first-order valence-electron chi connectivity index (χ1n) is 11.4. The Hall–Kier alpha value is -2.28. The van der Waals surface area contributed by atoms with Crippen molar-refractivity contribution in [1.29, 1.82) is 0 Å². The molecular weight excluding hydrogens is 382 g/mol. The van der Waals surface area contributed by atoms with Gasteiger partial charge in [0.25, 0.3) is 5.91 Å². The quantitative estimate of drug-likeness (QED) is 0.779. The molecule has 30 heavy (non-hydrogen) atoms. The highest BCUT2D eigenvalue weighted by molar-refractivity contribution is 6.03. The molecule has 7 heteroatoms. The van der Waals surface area contributed by atoms with E-state index in [0.717, 1.165) is 50.6 Å². The van der Waals surface area contributed by atoms with Gasteiger partial charge in [-0.2, -0.15) is 0 Å². The van der Waals surface area contributed by atoms with Gasteiger partial charge in [0.1, 0.15) is 11.2 Å². The van der Waals surface area contributed by atoms with Crippen LogP contribution >= 0.6 is 0 Å². The van der Waals surface area contributed by atoms with E-state index in [1.807, 2.05) is 17.6 Å². The summed E-state index contributed by atoms with van der Waals surface area (Å²) >= 11 is 0. The molecule has 5 rings (SSSR count). The van der Waals surface area contributed by atoms with E-state index in [1.165, 1.54) is 12.8 Å². The second-order valence-corrected chi connectivity index (χ2v) is 9.27. The normalized spacial score (nSPS) is 28.0. The van der Waals surface area contributed by atoms with Crippen molar-refractivity contribution in [2.24, 2.45) is 0 Å². The second-order valence-electron chi connectivity index (χ2n) is 9.27. The molecule has 2 aliphatic heterocycles. The van der Waals surface area contributed by atoms with Crippen LogP contribution in [0.2, 0.25) is 0 Å². The zero-order valence-corrected chi connectivity index (χ0v) is 17.7. The van der Waals surface area contributed by atoms with E-state index in [-0.39, 0.29) is 24.0 Å². The first kappa shape index (κ1) is 19.7. The molecule has 7 nitrogen and oxygen atoms in total. The smallest absolute Gasteiger partial charge is 0.271 e. The van der Waals surface area contributed by atoms with E-state index in [4.69, 9.17) is 9.15 Å². The SMILES string of the molecule is C[C@]1(C(=O)NC2CCCCCC2)Cn2c(cc3occc32)C(=O)N1C[C@H]1CCCO1. The predicted molar refractivity (Wildman–Crippen MR) is 112 cm³/mol. The predicted octanol–water partition coefficient (Wildman–Crippen LogP) is 3.47. The second kappa shape index (κ2) is 7.76. The fraction of sp³-hybridized carbons (Fsp3) is 0.652. The Morgan fingerprint density at radius 2 is 2.00 bits per heavy atom. The topological polar surface area (TPSA) is 76.7 Å². The largest absolute Gasteiger partial charge is 0.463 e. The fourth-order valence-electron chi connectivity index (χ4n) is 5.32. The number of ether oxygens (including phenoxy) is 1. The van der Waals surface area contributed by atoms with Crippen LogP contribution in [0.4, 0.5) is 0 Å². The summed E-state index contributed by atoms with van der Waals surface area (Å²) in [6.45, 7) is 3.49. The monoisotopic (exact) mass is 413 g/mol. The molecule has 1 aliphatic carbocycles. The van der Waals surface area contributed by atoms with E-state index in [2.05, 4.69) is 5.32 Å². The molecule has 4 heterocycles. The Labute approximate surface area is 176 Å². The van der Waals surface area contributed by atoms with Crippen molar-refractivity contribution in [3.63, 3.8) is 0 Å². The first-order chi connectivity index (χ1) is 14.6. The van der Waals surface area contributed by atoms with E-state index in [0.29, 0.717) is 24.4 Å². The summed E-state index contributed by atoms with van der Waals surface area (Å²) in [6.07, 6.45) is 10.3. The van der Waals surface area contributed by atoms with Gasteiger partial charge in [-0.3, -0.25) is 9.59 Å². The molecule has 0 radical (unpaired) electrons. The van der Waals surface area contributed by atoms with Gasteiger partial charge in [0.15, 0.2) is 5.58 Å². The summed E-state index contributed by atoms with van der Waals surface area (Å²) in [6, 6.07) is 3.85. The Morgan fingerprint density at radius 1 is 1.20 bits per heavy atom. The minimum atomic E-state index is -0.967.